The minimum Gasteiger partial charge on any atom is -0.482 e. The van der Waals surface area contributed by atoms with Gasteiger partial charge in [0.1, 0.15) is 12.3 Å². The summed E-state index contributed by atoms with van der Waals surface area (Å²) in [6.45, 7) is 1.30. The van der Waals surface area contributed by atoms with Crippen molar-refractivity contribution in [2.45, 2.75) is 18.9 Å². The van der Waals surface area contributed by atoms with Crippen molar-refractivity contribution in [3.05, 3.63) is 24.3 Å². The Hall–Kier alpha value is -2.08. The quantitative estimate of drug-likeness (QED) is 0.834. The number of para-hydroxylation sites is 2. The predicted octanol–water partition coefficient (Wildman–Crippen LogP) is 1.05. The number of hydrogen-bond donors (Lipinski definition) is 0. The number of methoxy groups -OCH3 is 1. The number of hydrogen-bond acceptors (Lipinski definition) is 4. The summed E-state index contributed by atoms with van der Waals surface area (Å²) in [6.07, 6.45) is 1.93. The summed E-state index contributed by atoms with van der Waals surface area (Å²) >= 11 is 0. The van der Waals surface area contributed by atoms with E-state index in [-0.39, 0.29) is 31.0 Å². The molecule has 1 saturated heterocycles. The summed E-state index contributed by atoms with van der Waals surface area (Å²) in [4.78, 5) is 28.1. The van der Waals surface area contributed by atoms with Gasteiger partial charge < -0.3 is 14.4 Å². The molecule has 0 aliphatic carbocycles. The van der Waals surface area contributed by atoms with Crippen LogP contribution in [-0.4, -0.2) is 56.2 Å². The Morgan fingerprint density at radius 2 is 2.23 bits per heavy atom. The van der Waals surface area contributed by atoms with E-state index in [0.29, 0.717) is 18.0 Å². The van der Waals surface area contributed by atoms with Crippen LogP contribution in [0.4, 0.5) is 5.69 Å². The molecule has 6 heteroatoms. The van der Waals surface area contributed by atoms with Crippen molar-refractivity contribution in [1.29, 1.82) is 0 Å². The highest BCUT2D eigenvalue weighted by molar-refractivity contribution is 6.02. The first-order valence-corrected chi connectivity index (χ1v) is 7.51. The molecule has 1 aromatic rings. The van der Waals surface area contributed by atoms with Crippen molar-refractivity contribution in [3.63, 3.8) is 0 Å². The lowest BCUT2D eigenvalue weighted by Gasteiger charge is -2.31. The van der Waals surface area contributed by atoms with E-state index in [2.05, 4.69) is 0 Å². The maximum atomic E-state index is 12.6. The largest absolute Gasteiger partial charge is 0.482 e. The number of benzene rings is 1. The molecule has 0 unspecified atom stereocenters. The molecule has 2 amide bonds. The fourth-order valence-electron chi connectivity index (χ4n) is 3.08. The van der Waals surface area contributed by atoms with Crippen LogP contribution in [0.2, 0.25) is 0 Å². The van der Waals surface area contributed by atoms with Crippen LogP contribution in [0.15, 0.2) is 24.3 Å². The number of nitrogens with zero attached hydrogens (tertiary/aromatic N) is 2. The molecule has 118 valence electrons. The Bertz CT molecular complexity index is 575. The van der Waals surface area contributed by atoms with Crippen LogP contribution in [-0.2, 0) is 14.3 Å². The number of fused-ring (bicyclic) bond motifs is 1. The van der Waals surface area contributed by atoms with Crippen LogP contribution < -0.4 is 9.64 Å². The Morgan fingerprint density at radius 3 is 3.05 bits per heavy atom. The number of rotatable bonds is 4. The molecule has 2 heterocycles. The molecular formula is C16H20N2O4. The van der Waals surface area contributed by atoms with Crippen molar-refractivity contribution < 1.29 is 19.1 Å². The van der Waals surface area contributed by atoms with Gasteiger partial charge >= 0.3 is 0 Å². The second-order valence-corrected chi connectivity index (χ2v) is 5.57. The van der Waals surface area contributed by atoms with Gasteiger partial charge in [-0.25, -0.2) is 0 Å². The average Bonchev–Trinajstić information content (AvgIpc) is 2.99. The van der Waals surface area contributed by atoms with Crippen LogP contribution in [0.5, 0.6) is 5.75 Å². The summed E-state index contributed by atoms with van der Waals surface area (Å²) < 4.78 is 10.6. The molecule has 2 aliphatic heterocycles. The number of amides is 2. The zero-order chi connectivity index (χ0) is 15.5. The third kappa shape index (κ3) is 2.78. The minimum absolute atomic E-state index is 0.0220. The number of carbonyl (C=O) groups is 2. The van der Waals surface area contributed by atoms with E-state index >= 15 is 0 Å². The van der Waals surface area contributed by atoms with E-state index in [0.717, 1.165) is 19.4 Å². The van der Waals surface area contributed by atoms with Crippen LogP contribution in [0.25, 0.3) is 0 Å². The number of anilines is 1. The molecule has 3 rings (SSSR count). The van der Waals surface area contributed by atoms with E-state index in [1.54, 1.807) is 13.2 Å². The van der Waals surface area contributed by atoms with Gasteiger partial charge in [0.05, 0.1) is 18.3 Å². The van der Waals surface area contributed by atoms with Crippen molar-refractivity contribution in [1.82, 2.24) is 4.90 Å². The van der Waals surface area contributed by atoms with Gasteiger partial charge in [-0.15, -0.1) is 0 Å². The van der Waals surface area contributed by atoms with Crippen LogP contribution >= 0.6 is 0 Å². The molecule has 6 nitrogen and oxygen atoms in total. The van der Waals surface area contributed by atoms with Crippen LogP contribution in [0, 0.1) is 0 Å². The zero-order valence-corrected chi connectivity index (χ0v) is 12.7. The Kier molecular flexibility index (Phi) is 4.29. The van der Waals surface area contributed by atoms with Crippen LogP contribution in [0.1, 0.15) is 12.8 Å². The predicted molar refractivity (Wildman–Crippen MR) is 80.9 cm³/mol. The minimum atomic E-state index is -0.186. The molecule has 0 saturated carbocycles. The lowest BCUT2D eigenvalue weighted by Crippen LogP contribution is -2.48. The lowest BCUT2D eigenvalue weighted by atomic mass is 10.2. The molecule has 0 radical (unpaired) electrons. The van der Waals surface area contributed by atoms with Gasteiger partial charge in [0.2, 0.25) is 5.91 Å². The molecule has 0 spiro atoms. The highest BCUT2D eigenvalue weighted by Gasteiger charge is 2.33. The smallest absolute Gasteiger partial charge is 0.265 e. The summed E-state index contributed by atoms with van der Waals surface area (Å²) in [6, 6.07) is 7.41. The fourth-order valence-corrected chi connectivity index (χ4v) is 3.08. The van der Waals surface area contributed by atoms with Gasteiger partial charge in [0, 0.05) is 13.7 Å². The summed E-state index contributed by atoms with van der Waals surface area (Å²) in [5.74, 6) is 0.420. The summed E-state index contributed by atoms with van der Waals surface area (Å²) in [7, 11) is 1.64. The Morgan fingerprint density at radius 1 is 1.41 bits per heavy atom. The van der Waals surface area contributed by atoms with E-state index in [4.69, 9.17) is 9.47 Å². The average molecular weight is 304 g/mol. The van der Waals surface area contributed by atoms with Gasteiger partial charge in [0.25, 0.3) is 5.91 Å². The van der Waals surface area contributed by atoms with Gasteiger partial charge in [-0.2, -0.15) is 0 Å². The van der Waals surface area contributed by atoms with E-state index in [1.807, 2.05) is 23.1 Å². The topological polar surface area (TPSA) is 59.1 Å². The van der Waals surface area contributed by atoms with Crippen molar-refractivity contribution >= 4 is 17.5 Å². The number of ether oxygens (including phenoxy) is 2. The second kappa shape index (κ2) is 6.36. The van der Waals surface area contributed by atoms with E-state index < -0.39 is 0 Å². The highest BCUT2D eigenvalue weighted by atomic mass is 16.5. The normalized spacial score (nSPS) is 20.8. The molecule has 1 fully saturated rings. The fraction of sp³-hybridized carbons (Fsp3) is 0.500. The highest BCUT2D eigenvalue weighted by Crippen LogP contribution is 2.31. The molecule has 1 atom stereocenters. The molecule has 1 aromatic carbocycles. The molecule has 0 bridgehead atoms. The zero-order valence-electron chi connectivity index (χ0n) is 12.7. The summed E-state index contributed by atoms with van der Waals surface area (Å²) in [5.41, 5.74) is 0.662. The van der Waals surface area contributed by atoms with Gasteiger partial charge in [-0.05, 0) is 25.0 Å². The first-order valence-electron chi connectivity index (χ1n) is 7.51. The third-order valence-corrected chi connectivity index (χ3v) is 4.16. The van der Waals surface area contributed by atoms with Gasteiger partial charge in [-0.3, -0.25) is 14.5 Å². The molecule has 0 aromatic heterocycles. The van der Waals surface area contributed by atoms with Crippen LogP contribution in [0.3, 0.4) is 0 Å². The Labute approximate surface area is 129 Å². The maximum Gasteiger partial charge on any atom is 0.265 e. The maximum absolute atomic E-state index is 12.6. The molecule has 22 heavy (non-hydrogen) atoms. The first-order chi connectivity index (χ1) is 10.7. The van der Waals surface area contributed by atoms with Crippen molar-refractivity contribution in [3.8, 4) is 5.75 Å². The number of likely N-dealkylation sites (tertiary alicyclic amines) is 1. The lowest BCUT2D eigenvalue weighted by molar-refractivity contribution is -0.133. The SMILES string of the molecule is COC[C@@H]1CCCN1C(=O)CN1C(=O)COc2ccccc21. The van der Waals surface area contributed by atoms with Crippen molar-refractivity contribution in [2.75, 3.05) is 38.3 Å². The second-order valence-electron chi connectivity index (χ2n) is 5.57. The number of carbonyl (C=O) groups excluding carboxylic acids is 2. The standard InChI is InChI=1S/C16H20N2O4/c1-21-10-12-5-4-8-17(12)15(19)9-18-13-6-2-3-7-14(13)22-11-16(18)20/h2-3,6-7,12H,4-5,8-11H2,1H3/t12-/m0/s1. The summed E-state index contributed by atoms with van der Waals surface area (Å²) in [5, 5.41) is 0. The van der Waals surface area contributed by atoms with E-state index in [9.17, 15) is 9.59 Å². The van der Waals surface area contributed by atoms with Gasteiger partial charge in [0.15, 0.2) is 6.61 Å². The molecule has 2 aliphatic rings. The van der Waals surface area contributed by atoms with Gasteiger partial charge in [-0.1, -0.05) is 12.1 Å². The van der Waals surface area contributed by atoms with E-state index in [1.165, 1.54) is 4.90 Å². The first kappa shape index (κ1) is 14.8. The third-order valence-electron chi connectivity index (χ3n) is 4.16. The molecule has 0 N–H and O–H groups in total. The van der Waals surface area contributed by atoms with Crippen molar-refractivity contribution in [2.24, 2.45) is 0 Å². The monoisotopic (exact) mass is 304 g/mol. The Balaban J connectivity index is 1.75. The molecular weight excluding hydrogens is 284 g/mol.